The third kappa shape index (κ3) is 6.48. The van der Waals surface area contributed by atoms with Crippen molar-refractivity contribution in [2.75, 3.05) is 6.54 Å². The fourth-order valence-corrected chi connectivity index (χ4v) is 2.49. The lowest BCUT2D eigenvalue weighted by molar-refractivity contribution is 0.0953. The molecule has 27 heavy (non-hydrogen) atoms. The molecule has 0 unspecified atom stereocenters. The Balaban J connectivity index is 2.02. The molecular formula is C23H25N3O. The normalized spacial score (nSPS) is 11.1. The number of allylic oxidation sites excluding steroid dienone is 5. The Morgan fingerprint density at radius 1 is 1.41 bits per heavy atom. The number of aromatic nitrogens is 2. The summed E-state index contributed by atoms with van der Waals surface area (Å²) >= 11 is 0. The topological polar surface area (TPSA) is 57.8 Å². The van der Waals surface area contributed by atoms with Crippen molar-refractivity contribution in [3.8, 4) is 11.8 Å². The highest BCUT2D eigenvalue weighted by atomic mass is 16.1. The molecule has 4 heteroatoms. The largest absolute Gasteiger partial charge is 0.352 e. The standard InChI is InChI=1S/C23H25N3O/c1-4-7-19(8-5-2)11-13-21-15-22(12-10-18(21)3)23(27)24-14-6-9-20-16-25-26-17-20/h4-5,7-8,10,12,15-17H,1,6,9,14H2,2-3H3,(H,24,27)(H,25,26)/b8-5-,19-7+. The van der Waals surface area contributed by atoms with Crippen molar-refractivity contribution < 1.29 is 4.79 Å². The average Bonchev–Trinajstić information content (AvgIpc) is 3.18. The Labute approximate surface area is 161 Å². The van der Waals surface area contributed by atoms with Crippen LogP contribution in [0.15, 0.2) is 67.0 Å². The molecule has 1 heterocycles. The molecule has 0 fully saturated rings. The van der Waals surface area contributed by atoms with Crippen molar-refractivity contribution in [2.45, 2.75) is 26.7 Å². The molecule has 2 aromatic rings. The summed E-state index contributed by atoms with van der Waals surface area (Å²) in [6.07, 6.45) is 12.9. The van der Waals surface area contributed by atoms with Crippen LogP contribution in [0, 0.1) is 18.8 Å². The molecule has 0 saturated carbocycles. The molecule has 0 spiro atoms. The van der Waals surface area contributed by atoms with Crippen LogP contribution in [0.2, 0.25) is 0 Å². The molecule has 1 aromatic heterocycles. The summed E-state index contributed by atoms with van der Waals surface area (Å²) in [6, 6.07) is 5.60. The van der Waals surface area contributed by atoms with Crippen molar-refractivity contribution in [1.82, 2.24) is 15.5 Å². The highest BCUT2D eigenvalue weighted by Gasteiger charge is 2.07. The van der Waals surface area contributed by atoms with E-state index >= 15 is 0 Å². The van der Waals surface area contributed by atoms with Crippen LogP contribution in [0.5, 0.6) is 0 Å². The molecule has 0 saturated heterocycles. The zero-order chi connectivity index (χ0) is 19.5. The van der Waals surface area contributed by atoms with Crippen LogP contribution in [-0.2, 0) is 6.42 Å². The number of hydrogen-bond acceptors (Lipinski definition) is 2. The van der Waals surface area contributed by atoms with Gasteiger partial charge in [-0.15, -0.1) is 0 Å². The molecule has 2 rings (SSSR count). The van der Waals surface area contributed by atoms with E-state index in [4.69, 9.17) is 0 Å². The van der Waals surface area contributed by atoms with Gasteiger partial charge in [-0.1, -0.05) is 42.7 Å². The summed E-state index contributed by atoms with van der Waals surface area (Å²) in [5.41, 5.74) is 4.52. The molecular weight excluding hydrogens is 334 g/mol. The van der Waals surface area contributed by atoms with Crippen LogP contribution in [0.25, 0.3) is 0 Å². The highest BCUT2D eigenvalue weighted by Crippen LogP contribution is 2.11. The minimum atomic E-state index is -0.0828. The van der Waals surface area contributed by atoms with Gasteiger partial charge in [-0.3, -0.25) is 9.89 Å². The van der Waals surface area contributed by atoms with Crippen molar-refractivity contribution >= 4 is 5.91 Å². The first-order valence-electron chi connectivity index (χ1n) is 8.98. The van der Waals surface area contributed by atoms with E-state index in [1.165, 1.54) is 0 Å². The van der Waals surface area contributed by atoms with Crippen molar-refractivity contribution in [2.24, 2.45) is 0 Å². The molecule has 4 nitrogen and oxygen atoms in total. The van der Waals surface area contributed by atoms with Crippen LogP contribution >= 0.6 is 0 Å². The first-order valence-corrected chi connectivity index (χ1v) is 8.98. The highest BCUT2D eigenvalue weighted by molar-refractivity contribution is 5.94. The predicted octanol–water partition coefficient (Wildman–Crippen LogP) is 4.12. The monoisotopic (exact) mass is 359 g/mol. The third-order valence-corrected chi connectivity index (χ3v) is 3.97. The van der Waals surface area contributed by atoms with E-state index in [1.54, 1.807) is 12.3 Å². The number of benzene rings is 1. The van der Waals surface area contributed by atoms with Gasteiger partial charge in [0.2, 0.25) is 0 Å². The Hall–Kier alpha value is -3.32. The van der Waals surface area contributed by atoms with Gasteiger partial charge < -0.3 is 5.32 Å². The molecule has 2 N–H and O–H groups in total. The second-order valence-corrected chi connectivity index (χ2v) is 6.10. The van der Waals surface area contributed by atoms with Gasteiger partial charge >= 0.3 is 0 Å². The van der Waals surface area contributed by atoms with Crippen LogP contribution in [0.4, 0.5) is 0 Å². The molecule has 0 atom stereocenters. The molecule has 1 amide bonds. The van der Waals surface area contributed by atoms with E-state index in [1.807, 2.05) is 56.5 Å². The number of aryl methyl sites for hydroxylation is 2. The number of nitrogens with one attached hydrogen (secondary N) is 2. The van der Waals surface area contributed by atoms with E-state index in [0.717, 1.165) is 35.1 Å². The van der Waals surface area contributed by atoms with Gasteiger partial charge in [-0.25, -0.2) is 0 Å². The zero-order valence-corrected chi connectivity index (χ0v) is 15.9. The fourth-order valence-electron chi connectivity index (χ4n) is 2.49. The van der Waals surface area contributed by atoms with Gasteiger partial charge in [0, 0.05) is 29.4 Å². The van der Waals surface area contributed by atoms with E-state index in [0.29, 0.717) is 12.1 Å². The predicted molar refractivity (Wildman–Crippen MR) is 110 cm³/mol. The number of hydrogen-bond donors (Lipinski definition) is 2. The van der Waals surface area contributed by atoms with Crippen LogP contribution in [0.1, 0.15) is 40.4 Å². The van der Waals surface area contributed by atoms with Gasteiger partial charge in [-0.05, 0) is 56.0 Å². The average molecular weight is 359 g/mol. The van der Waals surface area contributed by atoms with Gasteiger partial charge in [-0.2, -0.15) is 5.10 Å². The third-order valence-electron chi connectivity index (χ3n) is 3.97. The lowest BCUT2D eigenvalue weighted by atomic mass is 10.0. The van der Waals surface area contributed by atoms with Gasteiger partial charge in [0.1, 0.15) is 0 Å². The van der Waals surface area contributed by atoms with E-state index in [-0.39, 0.29) is 5.91 Å². The van der Waals surface area contributed by atoms with Crippen molar-refractivity contribution in [1.29, 1.82) is 0 Å². The maximum absolute atomic E-state index is 12.4. The van der Waals surface area contributed by atoms with Crippen molar-refractivity contribution in [3.63, 3.8) is 0 Å². The van der Waals surface area contributed by atoms with Crippen LogP contribution in [-0.4, -0.2) is 22.6 Å². The lowest BCUT2D eigenvalue weighted by Crippen LogP contribution is -2.24. The minimum absolute atomic E-state index is 0.0828. The van der Waals surface area contributed by atoms with Crippen LogP contribution in [0.3, 0.4) is 0 Å². The molecule has 0 aliphatic carbocycles. The summed E-state index contributed by atoms with van der Waals surface area (Å²) < 4.78 is 0. The Morgan fingerprint density at radius 2 is 2.26 bits per heavy atom. The maximum atomic E-state index is 12.4. The summed E-state index contributed by atoms with van der Waals surface area (Å²) in [4.78, 5) is 12.4. The van der Waals surface area contributed by atoms with Gasteiger partial charge in [0.25, 0.3) is 5.91 Å². The number of nitrogens with zero attached hydrogens (tertiary/aromatic N) is 1. The summed E-state index contributed by atoms with van der Waals surface area (Å²) in [7, 11) is 0. The summed E-state index contributed by atoms with van der Waals surface area (Å²) in [5, 5.41) is 9.66. The van der Waals surface area contributed by atoms with E-state index in [9.17, 15) is 4.79 Å². The maximum Gasteiger partial charge on any atom is 0.251 e. The lowest BCUT2D eigenvalue weighted by Gasteiger charge is -2.06. The molecule has 0 radical (unpaired) electrons. The van der Waals surface area contributed by atoms with Gasteiger partial charge in [0.05, 0.1) is 6.20 Å². The Bertz CT molecular complexity index is 893. The fraction of sp³-hybridized carbons (Fsp3) is 0.217. The number of carbonyl (C=O) groups is 1. The van der Waals surface area contributed by atoms with Crippen molar-refractivity contribution in [3.05, 3.63) is 89.3 Å². The summed E-state index contributed by atoms with van der Waals surface area (Å²) in [5.74, 6) is 6.20. The molecule has 138 valence electrons. The first-order chi connectivity index (χ1) is 13.1. The number of aromatic amines is 1. The molecule has 0 bridgehead atoms. The Kier molecular flexibility index (Phi) is 7.87. The Morgan fingerprint density at radius 3 is 2.96 bits per heavy atom. The second-order valence-electron chi connectivity index (χ2n) is 6.10. The minimum Gasteiger partial charge on any atom is -0.352 e. The summed E-state index contributed by atoms with van der Waals surface area (Å²) in [6.45, 7) is 8.26. The number of carbonyl (C=O) groups excluding carboxylic acids is 1. The van der Waals surface area contributed by atoms with Gasteiger partial charge in [0.15, 0.2) is 0 Å². The van der Waals surface area contributed by atoms with E-state index < -0.39 is 0 Å². The molecule has 0 aliphatic heterocycles. The quantitative estimate of drug-likeness (QED) is 0.444. The number of rotatable bonds is 7. The van der Waals surface area contributed by atoms with E-state index in [2.05, 4.69) is 33.9 Å². The smallest absolute Gasteiger partial charge is 0.251 e. The molecule has 1 aromatic carbocycles. The molecule has 0 aliphatic rings. The zero-order valence-electron chi connectivity index (χ0n) is 15.9. The van der Waals surface area contributed by atoms with Crippen LogP contribution < -0.4 is 5.32 Å². The second kappa shape index (κ2) is 10.6. The SMILES string of the molecule is C=C/C=C(C#Cc1cc(C(=O)NCCCc2cn[nH]c2)ccc1C)\C=C/C. The first kappa shape index (κ1) is 20.0. The number of H-pyrrole nitrogens is 1. The number of amides is 1.